The lowest BCUT2D eigenvalue weighted by atomic mass is 10.1. The SMILES string of the molecule is Cc1c([N+](=O)[O-])ccc2cc(C#N)c(=N)n(O)c12. The van der Waals surface area contributed by atoms with Gasteiger partial charge in [-0.25, -0.2) is 0 Å². The molecule has 2 aromatic rings. The van der Waals surface area contributed by atoms with Gasteiger partial charge in [-0.15, -0.1) is 0 Å². The van der Waals surface area contributed by atoms with E-state index in [0.717, 1.165) is 0 Å². The number of hydrogen-bond acceptors (Lipinski definition) is 5. The van der Waals surface area contributed by atoms with E-state index in [0.29, 0.717) is 10.1 Å². The summed E-state index contributed by atoms with van der Waals surface area (Å²) in [6.07, 6.45) is 0. The normalized spacial score (nSPS) is 10.2. The largest absolute Gasteiger partial charge is 0.426 e. The molecule has 0 saturated carbocycles. The Hall–Kier alpha value is -2.88. The summed E-state index contributed by atoms with van der Waals surface area (Å²) in [6, 6.07) is 5.95. The number of nitro groups is 1. The maximum absolute atomic E-state index is 10.8. The number of hydrogen-bond donors (Lipinski definition) is 2. The van der Waals surface area contributed by atoms with Gasteiger partial charge < -0.3 is 5.21 Å². The first-order valence-corrected chi connectivity index (χ1v) is 4.95. The minimum absolute atomic E-state index is 0.00162. The van der Waals surface area contributed by atoms with E-state index in [-0.39, 0.29) is 22.3 Å². The molecule has 0 radical (unpaired) electrons. The third-order valence-corrected chi connectivity index (χ3v) is 2.73. The summed E-state index contributed by atoms with van der Waals surface area (Å²) in [6.45, 7) is 1.48. The van der Waals surface area contributed by atoms with Crippen LogP contribution in [0.25, 0.3) is 10.9 Å². The summed E-state index contributed by atoms with van der Waals surface area (Å²) in [4.78, 5) is 10.2. The van der Waals surface area contributed by atoms with Gasteiger partial charge in [-0.1, -0.05) is 0 Å². The zero-order valence-corrected chi connectivity index (χ0v) is 9.34. The second-order valence-electron chi connectivity index (χ2n) is 3.73. The fraction of sp³-hybridized carbons (Fsp3) is 0.0909. The number of pyridine rings is 1. The number of nitro benzene ring substituents is 1. The van der Waals surface area contributed by atoms with Gasteiger partial charge >= 0.3 is 0 Å². The average Bonchev–Trinajstić information content (AvgIpc) is 2.33. The molecule has 0 unspecified atom stereocenters. The van der Waals surface area contributed by atoms with Gasteiger partial charge in [-0.3, -0.25) is 15.5 Å². The number of aromatic nitrogens is 1. The van der Waals surface area contributed by atoms with Gasteiger partial charge in [-0.05, 0) is 19.1 Å². The van der Waals surface area contributed by atoms with Gasteiger partial charge in [0.2, 0.25) is 0 Å². The quantitative estimate of drug-likeness (QED) is 0.448. The van der Waals surface area contributed by atoms with Crippen molar-refractivity contribution in [2.75, 3.05) is 0 Å². The van der Waals surface area contributed by atoms with Crippen LogP contribution in [0.1, 0.15) is 11.1 Å². The predicted octanol–water partition coefficient (Wildman–Crippen LogP) is 1.45. The van der Waals surface area contributed by atoms with Crippen LogP contribution in [0.4, 0.5) is 5.69 Å². The monoisotopic (exact) mass is 244 g/mol. The number of nitriles is 1. The highest BCUT2D eigenvalue weighted by Crippen LogP contribution is 2.25. The molecule has 18 heavy (non-hydrogen) atoms. The highest BCUT2D eigenvalue weighted by molar-refractivity contribution is 5.86. The van der Waals surface area contributed by atoms with E-state index in [1.165, 1.54) is 25.1 Å². The average molecular weight is 244 g/mol. The zero-order valence-electron chi connectivity index (χ0n) is 9.34. The van der Waals surface area contributed by atoms with Crippen molar-refractivity contribution in [3.8, 4) is 6.07 Å². The van der Waals surface area contributed by atoms with Crippen LogP contribution < -0.4 is 5.49 Å². The first-order chi connectivity index (χ1) is 8.47. The molecule has 0 bridgehead atoms. The molecule has 2 N–H and O–H groups in total. The number of benzene rings is 1. The molecule has 1 aromatic heterocycles. The van der Waals surface area contributed by atoms with E-state index in [1.54, 1.807) is 6.07 Å². The third kappa shape index (κ3) is 1.48. The Labute approximate surface area is 101 Å². The fourth-order valence-electron chi connectivity index (χ4n) is 1.84. The van der Waals surface area contributed by atoms with Crippen LogP contribution in [0, 0.1) is 33.8 Å². The van der Waals surface area contributed by atoms with Crippen LogP contribution in [-0.2, 0) is 0 Å². The Bertz CT molecular complexity index is 770. The van der Waals surface area contributed by atoms with E-state index in [2.05, 4.69) is 0 Å². The highest BCUT2D eigenvalue weighted by Gasteiger charge is 2.16. The lowest BCUT2D eigenvalue weighted by Crippen LogP contribution is -2.21. The van der Waals surface area contributed by atoms with Crippen molar-refractivity contribution in [1.29, 1.82) is 10.7 Å². The van der Waals surface area contributed by atoms with E-state index in [1.807, 2.05) is 0 Å². The first-order valence-electron chi connectivity index (χ1n) is 4.95. The number of aryl methyl sites for hydroxylation is 1. The van der Waals surface area contributed by atoms with Gasteiger partial charge in [-0.2, -0.15) is 9.99 Å². The molecule has 2 rings (SSSR count). The third-order valence-electron chi connectivity index (χ3n) is 2.73. The van der Waals surface area contributed by atoms with Gasteiger partial charge in [0.1, 0.15) is 6.07 Å². The molecule has 7 heteroatoms. The van der Waals surface area contributed by atoms with Crippen LogP contribution in [0.2, 0.25) is 0 Å². The number of rotatable bonds is 1. The summed E-state index contributed by atoms with van der Waals surface area (Å²) in [7, 11) is 0. The molecule has 0 aliphatic rings. The van der Waals surface area contributed by atoms with Gasteiger partial charge in [0.15, 0.2) is 5.49 Å². The standard InChI is InChI=1S/C11H8N4O3/c1-6-9(15(17)18)3-2-7-4-8(5-12)11(13)14(16)10(6)7/h2-4,13,16H,1H3. The minimum atomic E-state index is -0.559. The van der Waals surface area contributed by atoms with Crippen molar-refractivity contribution in [2.24, 2.45) is 0 Å². The molecule has 0 amide bonds. The second-order valence-corrected chi connectivity index (χ2v) is 3.73. The highest BCUT2D eigenvalue weighted by atomic mass is 16.6. The molecule has 1 aromatic carbocycles. The molecule has 0 aliphatic heterocycles. The summed E-state index contributed by atoms with van der Waals surface area (Å²) in [5.41, 5.74) is -0.132. The Morgan fingerprint density at radius 2 is 2.22 bits per heavy atom. The van der Waals surface area contributed by atoms with E-state index in [9.17, 15) is 15.3 Å². The second kappa shape index (κ2) is 3.85. The maximum Gasteiger partial charge on any atom is 0.274 e. The maximum atomic E-state index is 10.8. The molecule has 90 valence electrons. The Morgan fingerprint density at radius 3 is 2.78 bits per heavy atom. The van der Waals surface area contributed by atoms with Crippen LogP contribution in [0.3, 0.4) is 0 Å². The van der Waals surface area contributed by atoms with Crippen LogP contribution in [-0.4, -0.2) is 14.9 Å². The van der Waals surface area contributed by atoms with Crippen LogP contribution in [0.5, 0.6) is 0 Å². The smallest absolute Gasteiger partial charge is 0.274 e. The molecule has 0 saturated heterocycles. The van der Waals surface area contributed by atoms with Gasteiger partial charge in [0.05, 0.1) is 21.6 Å². The first kappa shape index (κ1) is 11.6. The number of nitrogens with zero attached hydrogens (tertiary/aromatic N) is 3. The fourth-order valence-corrected chi connectivity index (χ4v) is 1.84. The molecular formula is C11H8N4O3. The summed E-state index contributed by atoms with van der Waals surface area (Å²) >= 11 is 0. The Balaban J connectivity index is 3.01. The lowest BCUT2D eigenvalue weighted by molar-refractivity contribution is -0.385. The lowest BCUT2D eigenvalue weighted by Gasteiger charge is -2.08. The zero-order chi connectivity index (χ0) is 13.4. The van der Waals surface area contributed by atoms with Gasteiger partial charge in [0, 0.05) is 11.5 Å². The van der Waals surface area contributed by atoms with Crippen molar-refractivity contribution in [2.45, 2.75) is 6.92 Å². The molecule has 0 atom stereocenters. The van der Waals surface area contributed by atoms with Crippen molar-refractivity contribution < 1.29 is 10.1 Å². The topological polar surface area (TPSA) is 116 Å². The van der Waals surface area contributed by atoms with E-state index in [4.69, 9.17) is 10.7 Å². The molecular weight excluding hydrogens is 236 g/mol. The van der Waals surface area contributed by atoms with Crippen molar-refractivity contribution in [3.63, 3.8) is 0 Å². The predicted molar refractivity (Wildman–Crippen MR) is 61.1 cm³/mol. The summed E-state index contributed by atoms with van der Waals surface area (Å²) in [5.74, 6) is 0. The van der Waals surface area contributed by atoms with Crippen molar-refractivity contribution in [3.05, 3.63) is 44.9 Å². The minimum Gasteiger partial charge on any atom is -0.426 e. The molecule has 0 spiro atoms. The molecule has 1 heterocycles. The summed E-state index contributed by atoms with van der Waals surface area (Å²) < 4.78 is 0.496. The van der Waals surface area contributed by atoms with Gasteiger partial charge in [0.25, 0.3) is 5.69 Å². The number of nitrogens with one attached hydrogen (secondary N) is 1. The molecule has 0 aliphatic carbocycles. The van der Waals surface area contributed by atoms with E-state index >= 15 is 0 Å². The molecule has 7 nitrogen and oxygen atoms in total. The summed E-state index contributed by atoms with van der Waals surface area (Å²) in [5, 5.41) is 37.5. The van der Waals surface area contributed by atoms with Crippen molar-refractivity contribution in [1.82, 2.24) is 4.73 Å². The van der Waals surface area contributed by atoms with Crippen LogP contribution >= 0.6 is 0 Å². The van der Waals surface area contributed by atoms with Crippen LogP contribution in [0.15, 0.2) is 18.2 Å². The van der Waals surface area contributed by atoms with E-state index < -0.39 is 10.4 Å². The number of fused-ring (bicyclic) bond motifs is 1. The molecule has 0 fully saturated rings. The van der Waals surface area contributed by atoms with Crippen molar-refractivity contribution >= 4 is 16.6 Å². The Kier molecular flexibility index (Phi) is 2.48. The Morgan fingerprint density at radius 1 is 1.56 bits per heavy atom.